The molecule has 2 aromatic rings. The highest BCUT2D eigenvalue weighted by atomic mass is 32.2. The maximum atomic E-state index is 13.3. The van der Waals surface area contributed by atoms with Gasteiger partial charge in [-0.15, -0.1) is 0 Å². The van der Waals surface area contributed by atoms with Crippen LogP contribution in [0.3, 0.4) is 0 Å². The fourth-order valence-electron chi connectivity index (χ4n) is 3.41. The zero-order chi connectivity index (χ0) is 20.3. The van der Waals surface area contributed by atoms with Crippen molar-refractivity contribution in [3.05, 3.63) is 23.9 Å². The standard InChI is InChI=1S/C19H25N3O5S/c1-13-18(19(27-21-13)20-14(2)23)15-8-9-16(26-3)17(12-15)28(24,25)22-10-6-4-5-7-11-22/h8-9,12H,4-7,10-11H2,1-3H3,(H,20,23). The lowest BCUT2D eigenvalue weighted by Crippen LogP contribution is -2.32. The molecule has 0 spiro atoms. The first-order valence-corrected chi connectivity index (χ1v) is 10.7. The van der Waals surface area contributed by atoms with E-state index < -0.39 is 10.0 Å². The Bertz CT molecular complexity index is 960. The van der Waals surface area contributed by atoms with Crippen molar-refractivity contribution in [2.75, 3.05) is 25.5 Å². The van der Waals surface area contributed by atoms with Gasteiger partial charge in [0.25, 0.3) is 0 Å². The van der Waals surface area contributed by atoms with E-state index in [1.165, 1.54) is 18.3 Å². The molecular formula is C19H25N3O5S. The molecule has 1 aliphatic heterocycles. The number of methoxy groups -OCH3 is 1. The van der Waals surface area contributed by atoms with Gasteiger partial charge >= 0.3 is 0 Å². The van der Waals surface area contributed by atoms with E-state index in [1.807, 2.05) is 0 Å². The van der Waals surface area contributed by atoms with Crippen molar-refractivity contribution in [1.82, 2.24) is 9.46 Å². The second kappa shape index (κ2) is 8.32. The lowest BCUT2D eigenvalue weighted by atomic mass is 10.1. The van der Waals surface area contributed by atoms with Crippen LogP contribution in [0.25, 0.3) is 11.1 Å². The highest BCUT2D eigenvalue weighted by Gasteiger charge is 2.29. The monoisotopic (exact) mass is 407 g/mol. The number of carbonyl (C=O) groups excluding carboxylic acids is 1. The smallest absolute Gasteiger partial charge is 0.246 e. The Morgan fingerprint density at radius 2 is 1.89 bits per heavy atom. The van der Waals surface area contributed by atoms with E-state index in [1.54, 1.807) is 25.1 Å². The molecule has 3 rings (SSSR count). The average molecular weight is 407 g/mol. The number of carbonyl (C=O) groups is 1. The van der Waals surface area contributed by atoms with E-state index in [0.717, 1.165) is 25.7 Å². The summed E-state index contributed by atoms with van der Waals surface area (Å²) >= 11 is 0. The van der Waals surface area contributed by atoms with Crippen molar-refractivity contribution < 1.29 is 22.5 Å². The van der Waals surface area contributed by atoms with Crippen LogP contribution in [-0.2, 0) is 14.8 Å². The van der Waals surface area contributed by atoms with Crippen molar-refractivity contribution in [1.29, 1.82) is 0 Å². The van der Waals surface area contributed by atoms with Crippen LogP contribution in [-0.4, -0.2) is 44.0 Å². The molecule has 0 saturated carbocycles. The summed E-state index contributed by atoms with van der Waals surface area (Å²) in [5, 5.41) is 6.49. The number of benzene rings is 1. The molecule has 0 aliphatic carbocycles. The number of rotatable bonds is 5. The molecular weight excluding hydrogens is 382 g/mol. The molecule has 28 heavy (non-hydrogen) atoms. The second-order valence-electron chi connectivity index (χ2n) is 6.84. The third-order valence-electron chi connectivity index (χ3n) is 4.79. The Labute approximate surface area is 164 Å². The highest BCUT2D eigenvalue weighted by molar-refractivity contribution is 7.89. The van der Waals surface area contributed by atoms with Crippen LogP contribution >= 0.6 is 0 Å². The summed E-state index contributed by atoms with van der Waals surface area (Å²) in [6, 6.07) is 4.90. The van der Waals surface area contributed by atoms with Crippen molar-refractivity contribution in [2.45, 2.75) is 44.4 Å². The quantitative estimate of drug-likeness (QED) is 0.817. The van der Waals surface area contributed by atoms with Crippen molar-refractivity contribution in [3.8, 4) is 16.9 Å². The fourth-order valence-corrected chi connectivity index (χ4v) is 5.11. The minimum atomic E-state index is -3.72. The summed E-state index contributed by atoms with van der Waals surface area (Å²) in [5.74, 6) is 0.166. The molecule has 1 amide bonds. The van der Waals surface area contributed by atoms with Crippen LogP contribution in [0.5, 0.6) is 5.75 Å². The Morgan fingerprint density at radius 3 is 2.50 bits per heavy atom. The third-order valence-corrected chi connectivity index (χ3v) is 6.71. The molecule has 1 aromatic heterocycles. The first-order valence-electron chi connectivity index (χ1n) is 9.27. The molecule has 152 valence electrons. The average Bonchev–Trinajstić information content (AvgIpc) is 2.87. The Kier molecular flexibility index (Phi) is 6.04. The summed E-state index contributed by atoms with van der Waals surface area (Å²) in [5.41, 5.74) is 1.67. The number of hydrogen-bond acceptors (Lipinski definition) is 6. The molecule has 9 heteroatoms. The van der Waals surface area contributed by atoms with Crippen LogP contribution in [0, 0.1) is 6.92 Å². The molecule has 1 aromatic carbocycles. The molecule has 1 aliphatic rings. The predicted molar refractivity (Wildman–Crippen MR) is 105 cm³/mol. The van der Waals surface area contributed by atoms with E-state index in [0.29, 0.717) is 29.9 Å². The molecule has 1 fully saturated rings. The van der Waals surface area contributed by atoms with E-state index in [9.17, 15) is 13.2 Å². The highest BCUT2D eigenvalue weighted by Crippen LogP contribution is 2.37. The van der Waals surface area contributed by atoms with Crippen LogP contribution in [0.4, 0.5) is 5.88 Å². The fraction of sp³-hybridized carbons (Fsp3) is 0.474. The predicted octanol–water partition coefficient (Wildman–Crippen LogP) is 3.18. The van der Waals surface area contributed by atoms with Gasteiger partial charge in [0.05, 0.1) is 18.4 Å². The van der Waals surface area contributed by atoms with Crippen molar-refractivity contribution >= 4 is 21.8 Å². The molecule has 0 bridgehead atoms. The van der Waals surface area contributed by atoms with Gasteiger partial charge in [0.15, 0.2) is 0 Å². The maximum absolute atomic E-state index is 13.3. The lowest BCUT2D eigenvalue weighted by molar-refractivity contribution is -0.114. The Hall–Kier alpha value is -2.39. The molecule has 0 atom stereocenters. The summed E-state index contributed by atoms with van der Waals surface area (Å²) in [6.45, 7) is 4.10. The Morgan fingerprint density at radius 1 is 1.21 bits per heavy atom. The minimum absolute atomic E-state index is 0.101. The van der Waals surface area contributed by atoms with Crippen molar-refractivity contribution in [2.24, 2.45) is 0 Å². The van der Waals surface area contributed by atoms with Gasteiger partial charge in [-0.3, -0.25) is 10.1 Å². The number of nitrogens with one attached hydrogen (secondary N) is 1. The number of hydrogen-bond donors (Lipinski definition) is 1. The molecule has 2 heterocycles. The van der Waals surface area contributed by atoms with Crippen LogP contribution in [0.1, 0.15) is 38.3 Å². The third kappa shape index (κ3) is 4.05. The maximum Gasteiger partial charge on any atom is 0.246 e. The van der Waals surface area contributed by atoms with Gasteiger partial charge in [-0.05, 0) is 37.5 Å². The molecule has 1 N–H and O–H groups in total. The number of anilines is 1. The summed E-state index contributed by atoms with van der Waals surface area (Å²) in [7, 11) is -2.27. The van der Waals surface area contributed by atoms with Gasteiger partial charge in [0.1, 0.15) is 10.6 Å². The van der Waals surface area contributed by atoms with Gasteiger partial charge in [-0.1, -0.05) is 24.1 Å². The van der Waals surface area contributed by atoms with Crippen LogP contribution in [0.2, 0.25) is 0 Å². The summed E-state index contributed by atoms with van der Waals surface area (Å²) in [6.07, 6.45) is 3.75. The van der Waals surface area contributed by atoms with E-state index in [-0.39, 0.29) is 22.4 Å². The van der Waals surface area contributed by atoms with E-state index in [2.05, 4.69) is 10.5 Å². The minimum Gasteiger partial charge on any atom is -0.495 e. The second-order valence-corrected chi connectivity index (χ2v) is 8.74. The first-order chi connectivity index (χ1) is 13.3. The number of amides is 1. The SMILES string of the molecule is COc1ccc(-c2c(C)noc2NC(C)=O)cc1S(=O)(=O)N1CCCCCC1. The Balaban J connectivity index is 2.09. The molecule has 0 unspecified atom stereocenters. The largest absolute Gasteiger partial charge is 0.495 e. The first kappa shape index (κ1) is 20.3. The van der Waals surface area contributed by atoms with Gasteiger partial charge in [0.2, 0.25) is 21.8 Å². The number of sulfonamides is 1. The van der Waals surface area contributed by atoms with Crippen LogP contribution in [0.15, 0.2) is 27.6 Å². The number of ether oxygens (including phenoxy) is 1. The molecule has 0 radical (unpaired) electrons. The van der Waals surface area contributed by atoms with Gasteiger partial charge in [0, 0.05) is 20.0 Å². The van der Waals surface area contributed by atoms with Gasteiger partial charge in [-0.25, -0.2) is 8.42 Å². The molecule has 8 nitrogen and oxygen atoms in total. The van der Waals surface area contributed by atoms with Gasteiger partial charge in [-0.2, -0.15) is 4.31 Å². The number of aryl methyl sites for hydroxylation is 1. The lowest BCUT2D eigenvalue weighted by Gasteiger charge is -2.21. The summed E-state index contributed by atoms with van der Waals surface area (Å²) < 4.78 is 38.7. The van der Waals surface area contributed by atoms with E-state index in [4.69, 9.17) is 9.26 Å². The van der Waals surface area contributed by atoms with E-state index >= 15 is 0 Å². The van der Waals surface area contributed by atoms with Crippen LogP contribution < -0.4 is 10.1 Å². The zero-order valence-electron chi connectivity index (χ0n) is 16.3. The van der Waals surface area contributed by atoms with Crippen molar-refractivity contribution in [3.63, 3.8) is 0 Å². The normalized spacial score (nSPS) is 15.8. The van der Waals surface area contributed by atoms with Gasteiger partial charge < -0.3 is 9.26 Å². The topological polar surface area (TPSA) is 102 Å². The number of aromatic nitrogens is 1. The zero-order valence-corrected chi connectivity index (χ0v) is 17.1. The number of nitrogens with zero attached hydrogens (tertiary/aromatic N) is 2. The molecule has 1 saturated heterocycles. The summed E-state index contributed by atoms with van der Waals surface area (Å²) in [4.78, 5) is 11.6.